The van der Waals surface area contributed by atoms with Crippen molar-refractivity contribution in [3.8, 4) is 28.4 Å². The van der Waals surface area contributed by atoms with Gasteiger partial charge in [-0.3, -0.25) is 5.73 Å². The number of nitrogens with two attached hydrogens (primary N) is 1. The number of ether oxygens (including phenoxy) is 2. The summed E-state index contributed by atoms with van der Waals surface area (Å²) >= 11 is 0. The van der Waals surface area contributed by atoms with E-state index in [1.807, 2.05) is 24.3 Å². The Morgan fingerprint density at radius 3 is 2.53 bits per heavy atom. The lowest BCUT2D eigenvalue weighted by molar-refractivity contribution is 0.0562. The van der Waals surface area contributed by atoms with Crippen LogP contribution in [-0.4, -0.2) is 11.5 Å². The molecule has 3 rings (SSSR count). The number of hydrogen-bond acceptors (Lipinski definition) is 4. The minimum Gasteiger partial charge on any atom is -0.508 e. The van der Waals surface area contributed by atoms with Gasteiger partial charge in [-0.25, -0.2) is 0 Å². The summed E-state index contributed by atoms with van der Waals surface area (Å²) in [5, 5.41) is 9.43. The van der Waals surface area contributed by atoms with Crippen LogP contribution in [0.5, 0.6) is 17.2 Å². The molecule has 86 valence electrons. The standard InChI is InChI=1S/C13H11NO3/c14-13-16-11-5-4-9(7-12(11)17-13)8-2-1-3-10(15)6-8/h1-7,13,15H,14H2. The number of aromatic hydroxyl groups is 1. The first-order chi connectivity index (χ1) is 8.22. The molecule has 0 fully saturated rings. The maximum Gasteiger partial charge on any atom is 0.300 e. The quantitative estimate of drug-likeness (QED) is 0.785. The molecule has 2 aromatic rings. The summed E-state index contributed by atoms with van der Waals surface area (Å²) in [4.78, 5) is 0. The monoisotopic (exact) mass is 229 g/mol. The van der Waals surface area contributed by atoms with Crippen molar-refractivity contribution >= 4 is 0 Å². The molecule has 0 bridgehead atoms. The van der Waals surface area contributed by atoms with Crippen LogP contribution in [0.2, 0.25) is 0 Å². The zero-order valence-corrected chi connectivity index (χ0v) is 8.96. The highest BCUT2D eigenvalue weighted by Gasteiger charge is 2.20. The maximum atomic E-state index is 9.43. The smallest absolute Gasteiger partial charge is 0.300 e. The second kappa shape index (κ2) is 3.68. The van der Waals surface area contributed by atoms with Gasteiger partial charge < -0.3 is 14.6 Å². The van der Waals surface area contributed by atoms with Crippen molar-refractivity contribution in [2.24, 2.45) is 5.73 Å². The van der Waals surface area contributed by atoms with E-state index < -0.39 is 6.41 Å². The molecule has 2 aromatic carbocycles. The largest absolute Gasteiger partial charge is 0.508 e. The number of hydrogen-bond donors (Lipinski definition) is 2. The van der Waals surface area contributed by atoms with E-state index in [1.165, 1.54) is 0 Å². The summed E-state index contributed by atoms with van der Waals surface area (Å²) in [6.07, 6.45) is -0.732. The van der Waals surface area contributed by atoms with E-state index in [2.05, 4.69) is 0 Å². The summed E-state index contributed by atoms with van der Waals surface area (Å²) in [7, 11) is 0. The van der Waals surface area contributed by atoms with Crippen LogP contribution < -0.4 is 15.2 Å². The van der Waals surface area contributed by atoms with Crippen molar-refractivity contribution in [1.82, 2.24) is 0 Å². The fourth-order valence-electron chi connectivity index (χ4n) is 1.84. The molecule has 1 unspecified atom stereocenters. The average Bonchev–Trinajstić information content (AvgIpc) is 2.68. The predicted molar refractivity (Wildman–Crippen MR) is 62.8 cm³/mol. The highest BCUT2D eigenvalue weighted by Crippen LogP contribution is 2.37. The Labute approximate surface area is 98.2 Å². The highest BCUT2D eigenvalue weighted by atomic mass is 16.7. The van der Waals surface area contributed by atoms with E-state index >= 15 is 0 Å². The Morgan fingerprint density at radius 1 is 0.941 bits per heavy atom. The average molecular weight is 229 g/mol. The van der Waals surface area contributed by atoms with Gasteiger partial charge in [-0.1, -0.05) is 18.2 Å². The topological polar surface area (TPSA) is 64.7 Å². The molecule has 0 spiro atoms. The van der Waals surface area contributed by atoms with Gasteiger partial charge in [0.2, 0.25) is 0 Å². The fraction of sp³-hybridized carbons (Fsp3) is 0.0769. The Hall–Kier alpha value is -2.20. The van der Waals surface area contributed by atoms with Gasteiger partial charge in [0.1, 0.15) is 5.75 Å². The molecule has 1 heterocycles. The van der Waals surface area contributed by atoms with E-state index in [1.54, 1.807) is 18.2 Å². The molecule has 0 amide bonds. The zero-order valence-electron chi connectivity index (χ0n) is 8.96. The van der Waals surface area contributed by atoms with Gasteiger partial charge in [0.25, 0.3) is 6.41 Å². The van der Waals surface area contributed by atoms with Gasteiger partial charge in [-0.15, -0.1) is 0 Å². The second-order valence-corrected chi connectivity index (χ2v) is 3.82. The minimum absolute atomic E-state index is 0.233. The van der Waals surface area contributed by atoms with E-state index in [4.69, 9.17) is 15.2 Å². The van der Waals surface area contributed by atoms with Crippen LogP contribution in [0.4, 0.5) is 0 Å². The van der Waals surface area contributed by atoms with Crippen LogP contribution >= 0.6 is 0 Å². The number of benzene rings is 2. The molecule has 0 saturated heterocycles. The van der Waals surface area contributed by atoms with Crippen molar-refractivity contribution in [3.63, 3.8) is 0 Å². The van der Waals surface area contributed by atoms with Crippen LogP contribution in [-0.2, 0) is 0 Å². The Kier molecular flexibility index (Phi) is 2.16. The first-order valence-corrected chi connectivity index (χ1v) is 5.25. The molecular formula is C13H11NO3. The molecule has 1 aliphatic heterocycles. The lowest BCUT2D eigenvalue weighted by Crippen LogP contribution is -2.28. The maximum absolute atomic E-state index is 9.43. The molecule has 1 aliphatic rings. The van der Waals surface area contributed by atoms with Crippen molar-refractivity contribution < 1.29 is 14.6 Å². The first kappa shape index (κ1) is 9.99. The van der Waals surface area contributed by atoms with Crippen molar-refractivity contribution in [2.75, 3.05) is 0 Å². The summed E-state index contributed by atoms with van der Waals surface area (Å²) in [5.74, 6) is 1.50. The molecule has 0 saturated carbocycles. The van der Waals surface area contributed by atoms with Gasteiger partial charge in [0.15, 0.2) is 11.5 Å². The molecule has 1 atom stereocenters. The van der Waals surface area contributed by atoms with Crippen molar-refractivity contribution in [3.05, 3.63) is 42.5 Å². The molecule has 17 heavy (non-hydrogen) atoms. The predicted octanol–water partition coefficient (Wildman–Crippen LogP) is 2.07. The third kappa shape index (κ3) is 1.79. The third-order valence-corrected chi connectivity index (χ3v) is 2.61. The summed E-state index contributed by atoms with van der Waals surface area (Å²) in [6.45, 7) is 0. The normalized spacial score (nSPS) is 17.1. The Morgan fingerprint density at radius 2 is 1.71 bits per heavy atom. The van der Waals surface area contributed by atoms with Crippen LogP contribution in [0.25, 0.3) is 11.1 Å². The second-order valence-electron chi connectivity index (χ2n) is 3.82. The molecule has 0 aliphatic carbocycles. The lowest BCUT2D eigenvalue weighted by Gasteiger charge is -2.03. The number of fused-ring (bicyclic) bond motifs is 1. The first-order valence-electron chi connectivity index (χ1n) is 5.25. The molecule has 4 nitrogen and oxygen atoms in total. The van der Waals surface area contributed by atoms with Gasteiger partial charge in [-0.2, -0.15) is 0 Å². The Balaban J connectivity index is 2.03. The van der Waals surface area contributed by atoms with Crippen molar-refractivity contribution in [1.29, 1.82) is 0 Å². The molecule has 0 aromatic heterocycles. The SMILES string of the molecule is NC1Oc2ccc(-c3cccc(O)c3)cc2O1. The van der Waals surface area contributed by atoms with Gasteiger partial charge >= 0.3 is 0 Å². The van der Waals surface area contributed by atoms with Crippen LogP contribution in [0.1, 0.15) is 0 Å². The van der Waals surface area contributed by atoms with E-state index in [-0.39, 0.29) is 5.75 Å². The lowest BCUT2D eigenvalue weighted by atomic mass is 10.1. The van der Waals surface area contributed by atoms with E-state index in [0.29, 0.717) is 11.5 Å². The van der Waals surface area contributed by atoms with Crippen LogP contribution in [0.3, 0.4) is 0 Å². The zero-order chi connectivity index (χ0) is 11.8. The molecule has 3 N–H and O–H groups in total. The van der Waals surface area contributed by atoms with E-state index in [9.17, 15) is 5.11 Å². The molecular weight excluding hydrogens is 218 g/mol. The van der Waals surface area contributed by atoms with Gasteiger partial charge in [0.05, 0.1) is 0 Å². The van der Waals surface area contributed by atoms with E-state index in [0.717, 1.165) is 11.1 Å². The third-order valence-electron chi connectivity index (χ3n) is 2.61. The van der Waals surface area contributed by atoms with Gasteiger partial charge in [0, 0.05) is 0 Å². The Bertz CT molecular complexity index is 568. The fourth-order valence-corrected chi connectivity index (χ4v) is 1.84. The van der Waals surface area contributed by atoms with Crippen LogP contribution in [0.15, 0.2) is 42.5 Å². The van der Waals surface area contributed by atoms with Crippen LogP contribution in [0, 0.1) is 0 Å². The number of phenolic OH excluding ortho intramolecular Hbond substituents is 1. The summed E-state index contributed by atoms with van der Waals surface area (Å²) in [6, 6.07) is 12.6. The summed E-state index contributed by atoms with van der Waals surface area (Å²) < 4.78 is 10.5. The minimum atomic E-state index is -0.732. The van der Waals surface area contributed by atoms with Gasteiger partial charge in [-0.05, 0) is 35.4 Å². The summed E-state index contributed by atoms with van der Waals surface area (Å²) in [5.41, 5.74) is 7.37. The molecule has 0 radical (unpaired) electrons. The number of rotatable bonds is 1. The van der Waals surface area contributed by atoms with Crippen molar-refractivity contribution in [2.45, 2.75) is 6.41 Å². The highest BCUT2D eigenvalue weighted by molar-refractivity contribution is 5.68. The number of phenols is 1. The molecule has 4 heteroatoms.